The maximum absolute atomic E-state index is 12.6. The summed E-state index contributed by atoms with van der Waals surface area (Å²) >= 11 is 0. The molecule has 0 amide bonds. The van der Waals surface area contributed by atoms with E-state index >= 15 is 0 Å². The highest BCUT2D eigenvalue weighted by atomic mass is 19.4. The molecular weight excluding hydrogens is 241 g/mol. The number of alkyl halides is 3. The van der Waals surface area contributed by atoms with Gasteiger partial charge in [0.1, 0.15) is 6.04 Å². The van der Waals surface area contributed by atoms with Crippen LogP contribution in [0.4, 0.5) is 13.2 Å². The van der Waals surface area contributed by atoms with Crippen LogP contribution in [0.15, 0.2) is 18.2 Å². The van der Waals surface area contributed by atoms with Crippen molar-refractivity contribution in [3.8, 4) is 0 Å². The maximum Gasteiger partial charge on any atom is 0.407 e. The zero-order chi connectivity index (χ0) is 13.8. The first-order valence-corrected chi connectivity index (χ1v) is 5.97. The minimum atomic E-state index is -4.40. The van der Waals surface area contributed by atoms with E-state index in [-0.39, 0.29) is 5.56 Å². The molecule has 0 saturated heterocycles. The standard InChI is InChI=1S/C13H19F3N2/c1-9-6-10(4-2-3-5-17)8-11(7-9)12(18)13(14,15)16/h6-8,12H,2-5,17-18H2,1H3. The molecule has 1 unspecified atom stereocenters. The number of aryl methyl sites for hydroxylation is 2. The van der Waals surface area contributed by atoms with Gasteiger partial charge >= 0.3 is 6.18 Å². The summed E-state index contributed by atoms with van der Waals surface area (Å²) in [6.07, 6.45) is -1.92. The summed E-state index contributed by atoms with van der Waals surface area (Å²) in [5.41, 5.74) is 12.4. The topological polar surface area (TPSA) is 52.0 Å². The van der Waals surface area contributed by atoms with Crippen LogP contribution in [-0.4, -0.2) is 12.7 Å². The molecule has 4 N–H and O–H groups in total. The number of nitrogens with two attached hydrogens (primary N) is 2. The molecule has 1 aromatic rings. The van der Waals surface area contributed by atoms with Crippen LogP contribution >= 0.6 is 0 Å². The van der Waals surface area contributed by atoms with Crippen LogP contribution in [-0.2, 0) is 6.42 Å². The van der Waals surface area contributed by atoms with Crippen LogP contribution < -0.4 is 11.5 Å². The molecular formula is C13H19F3N2. The number of hydrogen-bond donors (Lipinski definition) is 2. The summed E-state index contributed by atoms with van der Waals surface area (Å²) in [7, 11) is 0. The molecule has 1 aromatic carbocycles. The highest BCUT2D eigenvalue weighted by molar-refractivity contribution is 5.32. The number of benzene rings is 1. The summed E-state index contributed by atoms with van der Waals surface area (Å²) in [5, 5.41) is 0. The third-order valence-corrected chi connectivity index (χ3v) is 2.79. The molecule has 0 aromatic heterocycles. The molecule has 0 fully saturated rings. The summed E-state index contributed by atoms with van der Waals surface area (Å²) in [6, 6.07) is 3.01. The van der Waals surface area contributed by atoms with Gasteiger partial charge in [0, 0.05) is 0 Å². The van der Waals surface area contributed by atoms with Gasteiger partial charge in [-0.3, -0.25) is 0 Å². The second kappa shape index (κ2) is 6.20. The molecule has 102 valence electrons. The summed E-state index contributed by atoms with van der Waals surface area (Å²) in [6.45, 7) is 2.37. The summed E-state index contributed by atoms with van der Waals surface area (Å²) in [4.78, 5) is 0. The average molecular weight is 260 g/mol. The van der Waals surface area contributed by atoms with Crippen molar-refractivity contribution in [2.75, 3.05) is 6.54 Å². The molecule has 0 radical (unpaired) electrons. The molecule has 0 bridgehead atoms. The Morgan fingerprint density at radius 2 is 1.83 bits per heavy atom. The van der Waals surface area contributed by atoms with E-state index in [1.54, 1.807) is 13.0 Å². The van der Waals surface area contributed by atoms with E-state index in [2.05, 4.69) is 0 Å². The lowest BCUT2D eigenvalue weighted by Crippen LogP contribution is -2.28. The van der Waals surface area contributed by atoms with Crippen LogP contribution in [0.3, 0.4) is 0 Å². The average Bonchev–Trinajstić information content (AvgIpc) is 2.26. The van der Waals surface area contributed by atoms with Gasteiger partial charge in [0.05, 0.1) is 0 Å². The number of rotatable bonds is 5. The molecule has 1 rings (SSSR count). The van der Waals surface area contributed by atoms with Gasteiger partial charge in [0.25, 0.3) is 0 Å². The Labute approximate surface area is 105 Å². The first-order chi connectivity index (χ1) is 8.34. The Kier molecular flexibility index (Phi) is 5.16. The van der Waals surface area contributed by atoms with Gasteiger partial charge in [-0.1, -0.05) is 23.8 Å². The normalized spacial score (nSPS) is 13.7. The molecule has 0 aliphatic heterocycles. The van der Waals surface area contributed by atoms with Gasteiger partial charge in [0.15, 0.2) is 0 Å². The van der Waals surface area contributed by atoms with Crippen LogP contribution in [0.2, 0.25) is 0 Å². The van der Waals surface area contributed by atoms with E-state index in [4.69, 9.17) is 11.5 Å². The molecule has 5 heteroatoms. The zero-order valence-electron chi connectivity index (χ0n) is 10.4. The molecule has 1 atom stereocenters. The number of halogens is 3. The van der Waals surface area contributed by atoms with Crippen molar-refractivity contribution in [1.29, 1.82) is 0 Å². The minimum absolute atomic E-state index is 0.130. The van der Waals surface area contributed by atoms with Gasteiger partial charge in [-0.05, 0) is 43.9 Å². The van der Waals surface area contributed by atoms with Crippen molar-refractivity contribution in [3.63, 3.8) is 0 Å². The Balaban J connectivity index is 2.87. The van der Waals surface area contributed by atoms with Crippen LogP contribution in [0.25, 0.3) is 0 Å². The van der Waals surface area contributed by atoms with E-state index in [0.29, 0.717) is 6.54 Å². The maximum atomic E-state index is 12.6. The monoisotopic (exact) mass is 260 g/mol. The lowest BCUT2D eigenvalue weighted by molar-refractivity contribution is -0.149. The predicted molar refractivity (Wildman–Crippen MR) is 66.2 cm³/mol. The smallest absolute Gasteiger partial charge is 0.330 e. The predicted octanol–water partition coefficient (Wildman–Crippen LogP) is 2.84. The Hall–Kier alpha value is -1.07. The third-order valence-electron chi connectivity index (χ3n) is 2.79. The molecule has 0 heterocycles. The Morgan fingerprint density at radius 3 is 2.39 bits per heavy atom. The fourth-order valence-electron chi connectivity index (χ4n) is 1.88. The first-order valence-electron chi connectivity index (χ1n) is 5.97. The molecule has 2 nitrogen and oxygen atoms in total. The van der Waals surface area contributed by atoms with Crippen molar-refractivity contribution in [2.24, 2.45) is 11.5 Å². The summed E-state index contributed by atoms with van der Waals surface area (Å²) in [5.74, 6) is 0. The minimum Gasteiger partial charge on any atom is -0.330 e. The van der Waals surface area contributed by atoms with Crippen molar-refractivity contribution >= 4 is 0 Å². The fourth-order valence-corrected chi connectivity index (χ4v) is 1.88. The molecule has 0 aliphatic carbocycles. The number of hydrogen-bond acceptors (Lipinski definition) is 2. The quantitative estimate of drug-likeness (QED) is 0.800. The largest absolute Gasteiger partial charge is 0.407 e. The molecule has 0 spiro atoms. The van der Waals surface area contributed by atoms with E-state index in [1.807, 2.05) is 6.07 Å². The van der Waals surface area contributed by atoms with Gasteiger partial charge in [0.2, 0.25) is 0 Å². The Bertz CT molecular complexity index is 388. The lowest BCUT2D eigenvalue weighted by atomic mass is 9.98. The second-order valence-corrected chi connectivity index (χ2v) is 4.52. The zero-order valence-corrected chi connectivity index (χ0v) is 10.4. The highest BCUT2D eigenvalue weighted by Crippen LogP contribution is 2.31. The van der Waals surface area contributed by atoms with Crippen molar-refractivity contribution in [2.45, 2.75) is 38.4 Å². The van der Waals surface area contributed by atoms with Gasteiger partial charge in [-0.25, -0.2) is 0 Å². The van der Waals surface area contributed by atoms with Crippen molar-refractivity contribution in [3.05, 3.63) is 34.9 Å². The van der Waals surface area contributed by atoms with E-state index in [9.17, 15) is 13.2 Å². The number of unbranched alkanes of at least 4 members (excludes halogenated alkanes) is 1. The van der Waals surface area contributed by atoms with Gasteiger partial charge < -0.3 is 11.5 Å². The van der Waals surface area contributed by atoms with Crippen LogP contribution in [0.5, 0.6) is 0 Å². The van der Waals surface area contributed by atoms with E-state index < -0.39 is 12.2 Å². The van der Waals surface area contributed by atoms with Gasteiger partial charge in [-0.2, -0.15) is 13.2 Å². The second-order valence-electron chi connectivity index (χ2n) is 4.52. The third kappa shape index (κ3) is 4.31. The van der Waals surface area contributed by atoms with Gasteiger partial charge in [-0.15, -0.1) is 0 Å². The van der Waals surface area contributed by atoms with Crippen LogP contribution in [0.1, 0.15) is 35.6 Å². The van der Waals surface area contributed by atoms with E-state index in [0.717, 1.165) is 30.4 Å². The molecule has 18 heavy (non-hydrogen) atoms. The Morgan fingerprint density at radius 1 is 1.17 bits per heavy atom. The van der Waals surface area contributed by atoms with Crippen molar-refractivity contribution in [1.82, 2.24) is 0 Å². The van der Waals surface area contributed by atoms with E-state index in [1.165, 1.54) is 6.07 Å². The molecule has 0 aliphatic rings. The summed E-state index contributed by atoms with van der Waals surface area (Å²) < 4.78 is 37.7. The first kappa shape index (κ1) is 15.0. The molecule has 0 saturated carbocycles. The SMILES string of the molecule is Cc1cc(CCCCN)cc(C(N)C(F)(F)F)c1. The fraction of sp³-hybridized carbons (Fsp3) is 0.538. The lowest BCUT2D eigenvalue weighted by Gasteiger charge is -2.17. The van der Waals surface area contributed by atoms with Crippen LogP contribution in [0, 0.1) is 6.92 Å². The highest BCUT2D eigenvalue weighted by Gasteiger charge is 2.37. The van der Waals surface area contributed by atoms with Crippen molar-refractivity contribution < 1.29 is 13.2 Å².